The Morgan fingerprint density at radius 1 is 0.464 bits per heavy atom. The van der Waals surface area contributed by atoms with E-state index in [2.05, 4.69) is 96.1 Å². The fourth-order valence-electron chi connectivity index (χ4n) is 4.25. The molecule has 3 aromatic rings. The first-order valence-electron chi connectivity index (χ1n) is 10.5. The third kappa shape index (κ3) is 4.92. The van der Waals surface area contributed by atoms with Gasteiger partial charge in [0.1, 0.15) is 0 Å². The molecule has 146 valence electrons. The minimum absolute atomic E-state index is 0.130. The van der Waals surface area contributed by atoms with Gasteiger partial charge in [0, 0.05) is 34.5 Å². The predicted octanol–water partition coefficient (Wildman–Crippen LogP) is 1.04. The Kier molecular flexibility index (Phi) is 7.09. The molecule has 0 fully saturated rings. The van der Waals surface area contributed by atoms with E-state index >= 15 is 0 Å². The maximum Gasteiger partial charge on any atom is 0.0411 e. The van der Waals surface area contributed by atoms with Crippen molar-refractivity contribution >= 4 is 50.0 Å². The normalized spacial score (nSPS) is 13.5. The zero-order chi connectivity index (χ0) is 20.3. The van der Waals surface area contributed by atoms with Crippen molar-refractivity contribution < 1.29 is 0 Å². The molecule has 0 atom stereocenters. The third-order valence-electron chi connectivity index (χ3n) is 6.68. The zero-order valence-electron chi connectivity index (χ0n) is 18.4. The highest BCUT2D eigenvalue weighted by Crippen LogP contribution is 2.06. The molecule has 0 amide bonds. The van der Waals surface area contributed by atoms with Gasteiger partial charge in [-0.05, 0) is 74.9 Å². The van der Waals surface area contributed by atoms with Crippen molar-refractivity contribution in [3.63, 3.8) is 0 Å². The molecule has 0 aliphatic heterocycles. The van der Waals surface area contributed by atoms with Crippen LogP contribution in [0, 0.1) is 41.5 Å². The van der Waals surface area contributed by atoms with Crippen LogP contribution < -0.4 is 15.6 Å². The zero-order valence-corrected chi connectivity index (χ0v) is 23.8. The van der Waals surface area contributed by atoms with Crippen molar-refractivity contribution in [3.05, 3.63) is 88.0 Å². The van der Waals surface area contributed by atoms with E-state index in [1.807, 2.05) is 0 Å². The molecule has 0 saturated carbocycles. The van der Waals surface area contributed by atoms with Gasteiger partial charge in [-0.2, -0.15) is 0 Å². The van der Waals surface area contributed by atoms with Crippen LogP contribution in [0.5, 0.6) is 0 Å². The first-order valence-corrected chi connectivity index (χ1v) is 22.4. The number of benzene rings is 3. The largest absolute Gasteiger partial charge is 0.0672 e. The Bertz CT molecular complexity index is 851. The number of hydrogen-bond donors (Lipinski definition) is 0. The molecule has 0 saturated heterocycles. The van der Waals surface area contributed by atoms with Gasteiger partial charge in [-0.1, -0.05) is 70.2 Å². The summed E-state index contributed by atoms with van der Waals surface area (Å²) in [6, 6.07) is 21.1. The van der Waals surface area contributed by atoms with Crippen LogP contribution in [-0.2, 0) is 0 Å². The first-order chi connectivity index (χ1) is 13.4. The van der Waals surface area contributed by atoms with Gasteiger partial charge in [-0.25, -0.2) is 0 Å². The summed E-state index contributed by atoms with van der Waals surface area (Å²) in [5.74, 6) is 0. The second-order valence-electron chi connectivity index (χ2n) is 8.56. The molecule has 0 aromatic heterocycles. The standard InChI is InChI=1S/C24H34Si4/c1-16-10-7-13-22(19(16)4)25-28(26-23-14-8-11-17(2)20(23)5)27-24-15-9-12-18(3)21(24)6/h7-15,28H,25-27H2,1-6H3. The highest BCUT2D eigenvalue weighted by molar-refractivity contribution is 7.65. The smallest absolute Gasteiger partial charge is 0.0411 e. The van der Waals surface area contributed by atoms with Crippen molar-refractivity contribution in [1.29, 1.82) is 0 Å². The summed E-state index contributed by atoms with van der Waals surface area (Å²) < 4.78 is 0. The molecule has 28 heavy (non-hydrogen) atoms. The first kappa shape index (κ1) is 21.2. The van der Waals surface area contributed by atoms with Gasteiger partial charge in [0.15, 0.2) is 0 Å². The lowest BCUT2D eigenvalue weighted by Gasteiger charge is -2.20. The lowest BCUT2D eigenvalue weighted by Crippen LogP contribution is -2.52. The Labute approximate surface area is 179 Å². The van der Waals surface area contributed by atoms with Gasteiger partial charge in [0.2, 0.25) is 0 Å². The van der Waals surface area contributed by atoms with Crippen molar-refractivity contribution in [1.82, 2.24) is 0 Å². The Hall–Kier alpha value is -1.47. The highest BCUT2D eigenvalue weighted by Gasteiger charge is 2.19. The van der Waals surface area contributed by atoms with Crippen LogP contribution in [0.1, 0.15) is 33.4 Å². The molecule has 0 aliphatic rings. The molecule has 0 aliphatic carbocycles. The second-order valence-corrected chi connectivity index (χ2v) is 38.3. The summed E-state index contributed by atoms with van der Waals surface area (Å²) >= 11 is 0. The van der Waals surface area contributed by atoms with E-state index in [9.17, 15) is 0 Å². The summed E-state index contributed by atoms with van der Waals surface area (Å²) in [6.07, 6.45) is 0. The van der Waals surface area contributed by atoms with E-state index in [-0.39, 0.29) is 27.1 Å². The van der Waals surface area contributed by atoms with Gasteiger partial charge < -0.3 is 0 Å². The molecule has 0 nitrogen and oxygen atoms in total. The van der Waals surface area contributed by atoms with E-state index in [1.165, 1.54) is 16.7 Å². The van der Waals surface area contributed by atoms with E-state index in [0.717, 1.165) is 0 Å². The number of rotatable bonds is 6. The average molecular weight is 435 g/mol. The second kappa shape index (κ2) is 9.35. The number of aryl methyl sites for hydroxylation is 3. The van der Waals surface area contributed by atoms with Crippen LogP contribution in [0.4, 0.5) is 0 Å². The lowest BCUT2D eigenvalue weighted by molar-refractivity contribution is 1.37. The average Bonchev–Trinajstić information content (AvgIpc) is 2.66. The van der Waals surface area contributed by atoms with Crippen LogP contribution >= 0.6 is 0 Å². The third-order valence-corrected chi connectivity index (χ3v) is 36.8. The molecule has 0 spiro atoms. The summed E-state index contributed by atoms with van der Waals surface area (Å²) in [6.45, 7) is 13.9. The summed E-state index contributed by atoms with van der Waals surface area (Å²) in [4.78, 5) is 0. The minimum Gasteiger partial charge on any atom is -0.0672 e. The van der Waals surface area contributed by atoms with Crippen LogP contribution in [0.15, 0.2) is 54.6 Å². The van der Waals surface area contributed by atoms with E-state index in [0.29, 0.717) is 0 Å². The predicted molar refractivity (Wildman–Crippen MR) is 139 cm³/mol. The minimum atomic E-state index is -0.643. The van der Waals surface area contributed by atoms with Crippen molar-refractivity contribution in [2.75, 3.05) is 0 Å². The van der Waals surface area contributed by atoms with E-state index in [1.54, 1.807) is 32.3 Å². The van der Waals surface area contributed by atoms with E-state index < -0.39 is 7.35 Å². The van der Waals surface area contributed by atoms with Crippen molar-refractivity contribution in [3.8, 4) is 0 Å². The van der Waals surface area contributed by atoms with Gasteiger partial charge in [-0.15, -0.1) is 0 Å². The van der Waals surface area contributed by atoms with Crippen LogP contribution in [-0.4, -0.2) is 34.5 Å². The lowest BCUT2D eigenvalue weighted by atomic mass is 10.1. The Morgan fingerprint density at radius 2 is 0.750 bits per heavy atom. The van der Waals surface area contributed by atoms with Crippen molar-refractivity contribution in [2.45, 2.75) is 41.5 Å². The van der Waals surface area contributed by atoms with Crippen LogP contribution in [0.3, 0.4) is 0 Å². The Balaban J connectivity index is 1.94. The molecule has 3 aromatic carbocycles. The van der Waals surface area contributed by atoms with Gasteiger partial charge in [0.25, 0.3) is 0 Å². The van der Waals surface area contributed by atoms with Gasteiger partial charge in [-0.3, -0.25) is 0 Å². The molecule has 3 rings (SSSR count). The SMILES string of the molecule is Cc1cccc([SiH2][SiH]([SiH2]c2cccc(C)c2C)[SiH2]c2cccc(C)c2C)c1C. The topological polar surface area (TPSA) is 0 Å². The van der Waals surface area contributed by atoms with E-state index in [4.69, 9.17) is 0 Å². The Morgan fingerprint density at radius 3 is 1.04 bits per heavy atom. The maximum absolute atomic E-state index is 2.46. The molecule has 4 heteroatoms. The quantitative estimate of drug-likeness (QED) is 0.509. The maximum atomic E-state index is 2.46. The highest BCUT2D eigenvalue weighted by atomic mass is 29.8. The molecular formula is C24H34Si4. The molecule has 0 bridgehead atoms. The number of hydrogen-bond acceptors (Lipinski definition) is 0. The summed E-state index contributed by atoms with van der Waals surface area (Å²) in [7, 11) is -1.03. The summed E-state index contributed by atoms with van der Waals surface area (Å²) in [5.41, 5.74) is 9.24. The molecule has 0 N–H and O–H groups in total. The van der Waals surface area contributed by atoms with Crippen molar-refractivity contribution in [2.24, 2.45) is 0 Å². The summed E-state index contributed by atoms with van der Waals surface area (Å²) in [5, 5.41) is 5.31. The molecule has 0 unspecified atom stereocenters. The molecule has 0 radical (unpaired) electrons. The monoisotopic (exact) mass is 434 g/mol. The van der Waals surface area contributed by atoms with Crippen LogP contribution in [0.2, 0.25) is 0 Å². The molecule has 0 heterocycles. The van der Waals surface area contributed by atoms with Crippen LogP contribution in [0.25, 0.3) is 0 Å². The van der Waals surface area contributed by atoms with Gasteiger partial charge in [0.05, 0.1) is 0 Å². The fourth-order valence-corrected chi connectivity index (χ4v) is 40.7. The molecular weight excluding hydrogens is 401 g/mol. The fraction of sp³-hybridized carbons (Fsp3) is 0.250. The van der Waals surface area contributed by atoms with Gasteiger partial charge >= 0.3 is 0 Å².